The Morgan fingerprint density at radius 1 is 1.43 bits per heavy atom. The number of fused-ring (bicyclic) bond motifs is 1. The van der Waals surface area contributed by atoms with Gasteiger partial charge in [0.25, 0.3) is 5.56 Å². The van der Waals surface area contributed by atoms with Gasteiger partial charge < -0.3 is 4.74 Å². The molecular formula is C14H17N3O3S. The van der Waals surface area contributed by atoms with Crippen molar-refractivity contribution in [3.63, 3.8) is 0 Å². The molecule has 0 radical (unpaired) electrons. The van der Waals surface area contributed by atoms with Gasteiger partial charge in [0.1, 0.15) is 11.4 Å². The molecule has 6 nitrogen and oxygen atoms in total. The molecule has 0 aliphatic carbocycles. The molecule has 2 aromatic rings. The zero-order chi connectivity index (χ0) is 15.1. The largest absolute Gasteiger partial charge is 0.475 e. The van der Waals surface area contributed by atoms with Crippen molar-refractivity contribution in [3.8, 4) is 0 Å². The summed E-state index contributed by atoms with van der Waals surface area (Å²) < 4.78 is 6.75. The second-order valence-corrected chi connectivity index (χ2v) is 6.56. The maximum absolute atomic E-state index is 12.6. The Hall–Kier alpha value is -1.89. The SMILES string of the molecule is Cc1c(C2=NCCO2)sc2[nH]c(=O)n(CC(C)C)c(=O)c12. The number of ether oxygens (including phenoxy) is 1. The maximum Gasteiger partial charge on any atom is 0.329 e. The van der Waals surface area contributed by atoms with Gasteiger partial charge in [0, 0.05) is 6.54 Å². The first-order valence-electron chi connectivity index (χ1n) is 6.93. The quantitative estimate of drug-likeness (QED) is 0.933. The van der Waals surface area contributed by atoms with Crippen molar-refractivity contribution in [2.75, 3.05) is 13.2 Å². The first-order valence-corrected chi connectivity index (χ1v) is 7.74. The van der Waals surface area contributed by atoms with E-state index in [1.807, 2.05) is 20.8 Å². The Morgan fingerprint density at radius 3 is 2.81 bits per heavy atom. The molecular weight excluding hydrogens is 290 g/mol. The Kier molecular flexibility index (Phi) is 3.44. The lowest BCUT2D eigenvalue weighted by Crippen LogP contribution is -2.36. The number of aromatic nitrogens is 2. The molecule has 0 bridgehead atoms. The summed E-state index contributed by atoms with van der Waals surface area (Å²) in [6.45, 7) is 7.43. The van der Waals surface area contributed by atoms with Crippen LogP contribution in [0.3, 0.4) is 0 Å². The third kappa shape index (κ3) is 2.31. The Morgan fingerprint density at radius 2 is 2.19 bits per heavy atom. The molecule has 0 spiro atoms. The lowest BCUT2D eigenvalue weighted by atomic mass is 10.2. The van der Waals surface area contributed by atoms with E-state index >= 15 is 0 Å². The molecule has 0 atom stereocenters. The van der Waals surface area contributed by atoms with Gasteiger partial charge in [0.15, 0.2) is 0 Å². The summed E-state index contributed by atoms with van der Waals surface area (Å²) in [6, 6.07) is 0. The average molecular weight is 307 g/mol. The summed E-state index contributed by atoms with van der Waals surface area (Å²) in [6.07, 6.45) is 0. The van der Waals surface area contributed by atoms with E-state index in [4.69, 9.17) is 4.74 Å². The van der Waals surface area contributed by atoms with Crippen molar-refractivity contribution < 1.29 is 4.74 Å². The van der Waals surface area contributed by atoms with Crippen LogP contribution in [0.4, 0.5) is 0 Å². The summed E-state index contributed by atoms with van der Waals surface area (Å²) in [5.41, 5.74) is 0.235. The van der Waals surface area contributed by atoms with Crippen molar-refractivity contribution >= 4 is 27.5 Å². The number of H-pyrrole nitrogens is 1. The maximum atomic E-state index is 12.6. The number of thiophene rings is 1. The van der Waals surface area contributed by atoms with E-state index in [0.717, 1.165) is 10.4 Å². The fourth-order valence-corrected chi connectivity index (χ4v) is 3.61. The van der Waals surface area contributed by atoms with E-state index in [9.17, 15) is 9.59 Å². The topological polar surface area (TPSA) is 76.4 Å². The van der Waals surface area contributed by atoms with Crippen LogP contribution in [0.15, 0.2) is 14.6 Å². The number of rotatable bonds is 3. The highest BCUT2D eigenvalue weighted by atomic mass is 32.1. The molecule has 112 valence electrons. The standard InChI is InChI=1S/C14H17N3O3S/c1-7(2)6-17-13(18)9-8(3)10(11-15-4-5-20-11)21-12(9)16-14(17)19/h7H,4-6H2,1-3H3,(H,16,19). The van der Waals surface area contributed by atoms with Gasteiger partial charge in [-0.3, -0.25) is 14.3 Å². The Bertz CT molecular complexity index is 841. The van der Waals surface area contributed by atoms with Crippen LogP contribution >= 0.6 is 11.3 Å². The summed E-state index contributed by atoms with van der Waals surface area (Å²) in [5, 5.41) is 0.563. The van der Waals surface area contributed by atoms with Gasteiger partial charge in [-0.2, -0.15) is 0 Å². The fourth-order valence-electron chi connectivity index (χ4n) is 2.46. The van der Waals surface area contributed by atoms with Crippen LogP contribution in [-0.2, 0) is 11.3 Å². The first-order chi connectivity index (χ1) is 9.99. The Labute approximate surface area is 125 Å². The molecule has 1 aliphatic rings. The van der Waals surface area contributed by atoms with Crippen molar-refractivity contribution in [3.05, 3.63) is 31.3 Å². The second kappa shape index (κ2) is 5.14. The van der Waals surface area contributed by atoms with Crippen LogP contribution in [-0.4, -0.2) is 28.6 Å². The minimum Gasteiger partial charge on any atom is -0.475 e. The predicted octanol–water partition coefficient (Wildman–Crippen LogP) is 1.49. The molecule has 0 fully saturated rings. The van der Waals surface area contributed by atoms with Crippen LogP contribution in [0.25, 0.3) is 10.2 Å². The zero-order valence-electron chi connectivity index (χ0n) is 12.2. The minimum absolute atomic E-state index is 0.224. The summed E-state index contributed by atoms with van der Waals surface area (Å²) in [4.78, 5) is 33.2. The molecule has 0 amide bonds. The highest BCUT2D eigenvalue weighted by Gasteiger charge is 2.21. The van der Waals surface area contributed by atoms with E-state index in [0.29, 0.717) is 35.8 Å². The fraction of sp³-hybridized carbons (Fsp3) is 0.500. The molecule has 7 heteroatoms. The zero-order valence-corrected chi connectivity index (χ0v) is 13.0. The van der Waals surface area contributed by atoms with Gasteiger partial charge in [-0.15, -0.1) is 11.3 Å². The first kappa shape index (κ1) is 14.1. The van der Waals surface area contributed by atoms with Gasteiger partial charge in [0.05, 0.1) is 16.8 Å². The van der Waals surface area contributed by atoms with Gasteiger partial charge in [-0.05, 0) is 18.4 Å². The predicted molar refractivity (Wildman–Crippen MR) is 83.6 cm³/mol. The molecule has 1 aliphatic heterocycles. The van der Waals surface area contributed by atoms with Crippen LogP contribution in [0.5, 0.6) is 0 Å². The number of aromatic amines is 1. The summed E-state index contributed by atoms with van der Waals surface area (Å²) in [7, 11) is 0. The van der Waals surface area contributed by atoms with E-state index in [-0.39, 0.29) is 17.2 Å². The summed E-state index contributed by atoms with van der Waals surface area (Å²) >= 11 is 1.35. The van der Waals surface area contributed by atoms with Gasteiger partial charge in [0.2, 0.25) is 5.90 Å². The van der Waals surface area contributed by atoms with E-state index < -0.39 is 0 Å². The number of nitrogens with zero attached hydrogens (tertiary/aromatic N) is 2. The Balaban J connectivity index is 2.26. The number of aliphatic imine (C=N–C) groups is 1. The molecule has 3 heterocycles. The molecule has 0 saturated carbocycles. The number of nitrogens with one attached hydrogen (secondary N) is 1. The van der Waals surface area contributed by atoms with Crippen LogP contribution in [0.1, 0.15) is 24.3 Å². The monoisotopic (exact) mass is 307 g/mol. The molecule has 0 unspecified atom stereocenters. The number of hydrogen-bond acceptors (Lipinski definition) is 5. The van der Waals surface area contributed by atoms with Gasteiger partial charge in [-0.1, -0.05) is 13.8 Å². The molecule has 3 rings (SSSR count). The van der Waals surface area contributed by atoms with E-state index in [2.05, 4.69) is 9.98 Å². The minimum atomic E-state index is -0.358. The third-order valence-corrected chi connectivity index (χ3v) is 4.59. The smallest absolute Gasteiger partial charge is 0.329 e. The van der Waals surface area contributed by atoms with E-state index in [1.54, 1.807) is 0 Å². The normalized spacial score (nSPS) is 14.8. The number of aryl methyl sites for hydroxylation is 1. The third-order valence-electron chi connectivity index (χ3n) is 3.40. The van der Waals surface area contributed by atoms with Crippen LogP contribution < -0.4 is 11.2 Å². The number of hydrogen-bond donors (Lipinski definition) is 1. The lowest BCUT2D eigenvalue weighted by molar-refractivity contribution is 0.349. The van der Waals surface area contributed by atoms with Crippen molar-refractivity contribution in [1.29, 1.82) is 0 Å². The van der Waals surface area contributed by atoms with Crippen molar-refractivity contribution in [2.45, 2.75) is 27.3 Å². The molecule has 0 saturated heterocycles. The van der Waals surface area contributed by atoms with Crippen molar-refractivity contribution in [2.24, 2.45) is 10.9 Å². The second-order valence-electron chi connectivity index (χ2n) is 5.54. The summed E-state index contributed by atoms with van der Waals surface area (Å²) in [5.74, 6) is 0.798. The lowest BCUT2D eigenvalue weighted by Gasteiger charge is -2.07. The van der Waals surface area contributed by atoms with Crippen LogP contribution in [0.2, 0.25) is 0 Å². The molecule has 0 aromatic carbocycles. The highest BCUT2D eigenvalue weighted by molar-refractivity contribution is 7.20. The van der Waals surface area contributed by atoms with Crippen LogP contribution in [0, 0.1) is 12.8 Å². The molecule has 21 heavy (non-hydrogen) atoms. The van der Waals surface area contributed by atoms with Crippen molar-refractivity contribution in [1.82, 2.24) is 9.55 Å². The van der Waals surface area contributed by atoms with E-state index in [1.165, 1.54) is 15.9 Å². The average Bonchev–Trinajstić information content (AvgIpc) is 3.02. The van der Waals surface area contributed by atoms with Gasteiger partial charge >= 0.3 is 5.69 Å². The molecule has 1 N–H and O–H groups in total. The highest BCUT2D eigenvalue weighted by Crippen LogP contribution is 2.28. The molecule has 2 aromatic heterocycles. The van der Waals surface area contributed by atoms with Gasteiger partial charge in [-0.25, -0.2) is 9.79 Å².